The Labute approximate surface area is 243 Å². The Hall–Kier alpha value is -5.17. The lowest BCUT2D eigenvalue weighted by Crippen LogP contribution is -2.16. The van der Waals surface area contributed by atoms with Crippen LogP contribution in [0, 0.1) is 0 Å². The largest absolute Gasteiger partial charge is 0.488 e. The molecule has 212 valence electrons. The van der Waals surface area contributed by atoms with Crippen LogP contribution in [0.4, 0.5) is 0 Å². The zero-order valence-corrected chi connectivity index (χ0v) is 23.0. The number of unbranched alkanes of at least 4 members (excludes halogenated alkanes) is 1. The van der Waals surface area contributed by atoms with Crippen LogP contribution in [0.15, 0.2) is 118 Å². The fourth-order valence-corrected chi connectivity index (χ4v) is 4.43. The molecule has 1 heterocycles. The SMILES string of the molecule is O=C(CCCCC(=O)Oc1c(-c2ccccc2)oc2cccc(OCc3ccccc3)c2c1=O)OCc1ccccc1. The molecule has 7 heteroatoms. The smallest absolute Gasteiger partial charge is 0.311 e. The Morgan fingerprint density at radius 3 is 1.90 bits per heavy atom. The topological polar surface area (TPSA) is 92.0 Å². The monoisotopic (exact) mass is 562 g/mol. The second-order valence-corrected chi connectivity index (χ2v) is 9.69. The number of benzene rings is 4. The fourth-order valence-electron chi connectivity index (χ4n) is 4.43. The molecule has 0 unspecified atom stereocenters. The average Bonchev–Trinajstić information content (AvgIpc) is 3.03. The molecule has 0 saturated carbocycles. The van der Waals surface area contributed by atoms with Crippen molar-refractivity contribution in [3.63, 3.8) is 0 Å². The van der Waals surface area contributed by atoms with Crippen LogP contribution >= 0.6 is 0 Å². The number of ether oxygens (including phenoxy) is 3. The summed E-state index contributed by atoms with van der Waals surface area (Å²) in [5.41, 5.74) is 2.26. The fraction of sp³-hybridized carbons (Fsp3) is 0.171. The van der Waals surface area contributed by atoms with Crippen LogP contribution in [0.2, 0.25) is 0 Å². The summed E-state index contributed by atoms with van der Waals surface area (Å²) in [6, 6.07) is 33.1. The molecule has 0 atom stereocenters. The van der Waals surface area contributed by atoms with E-state index in [1.54, 1.807) is 42.5 Å². The van der Waals surface area contributed by atoms with Crippen LogP contribution in [0.5, 0.6) is 11.5 Å². The number of carbonyl (C=O) groups excluding carboxylic acids is 2. The summed E-state index contributed by atoms with van der Waals surface area (Å²) in [4.78, 5) is 38.8. The zero-order chi connectivity index (χ0) is 29.1. The summed E-state index contributed by atoms with van der Waals surface area (Å²) in [6.45, 7) is 0.460. The molecule has 5 aromatic rings. The van der Waals surface area contributed by atoms with Crippen LogP contribution in [0.3, 0.4) is 0 Å². The highest BCUT2D eigenvalue weighted by molar-refractivity contribution is 5.88. The highest BCUT2D eigenvalue weighted by Gasteiger charge is 2.22. The standard InChI is InChI=1S/C35H30O7/c36-30(40-24-26-15-6-2-7-16-26)21-10-11-22-31(37)42-35-33(38)32-28(39-23-25-13-4-1-5-14-25)19-12-20-29(32)41-34(35)27-17-8-3-9-18-27/h1-9,12-20H,10-11,21-24H2. The van der Waals surface area contributed by atoms with Gasteiger partial charge in [0, 0.05) is 18.4 Å². The molecule has 0 saturated heterocycles. The molecule has 7 nitrogen and oxygen atoms in total. The highest BCUT2D eigenvalue weighted by Crippen LogP contribution is 2.34. The van der Waals surface area contributed by atoms with Crippen molar-refractivity contribution in [1.82, 2.24) is 0 Å². The maximum Gasteiger partial charge on any atom is 0.311 e. The van der Waals surface area contributed by atoms with E-state index in [1.165, 1.54) is 0 Å². The molecule has 0 bridgehead atoms. The number of esters is 2. The molecule has 0 radical (unpaired) electrons. The molecule has 0 amide bonds. The third-order valence-electron chi connectivity index (χ3n) is 6.58. The van der Waals surface area contributed by atoms with Crippen molar-refractivity contribution < 1.29 is 28.2 Å². The molecule has 5 rings (SSSR count). The average molecular weight is 563 g/mol. The maximum absolute atomic E-state index is 13.8. The van der Waals surface area contributed by atoms with Gasteiger partial charge >= 0.3 is 11.9 Å². The Balaban J connectivity index is 1.29. The van der Waals surface area contributed by atoms with Crippen LogP contribution in [0.25, 0.3) is 22.3 Å². The molecule has 0 spiro atoms. The van der Waals surface area contributed by atoms with Gasteiger partial charge in [0.25, 0.3) is 0 Å². The van der Waals surface area contributed by atoms with Gasteiger partial charge in [-0.25, -0.2) is 0 Å². The van der Waals surface area contributed by atoms with Gasteiger partial charge in [0.2, 0.25) is 11.2 Å². The molecular weight excluding hydrogens is 532 g/mol. The van der Waals surface area contributed by atoms with E-state index in [9.17, 15) is 14.4 Å². The highest BCUT2D eigenvalue weighted by atomic mass is 16.5. The van der Waals surface area contributed by atoms with Gasteiger partial charge in [-0.3, -0.25) is 14.4 Å². The summed E-state index contributed by atoms with van der Waals surface area (Å²) in [6.07, 6.45) is 1.03. The van der Waals surface area contributed by atoms with E-state index in [0.29, 0.717) is 29.7 Å². The summed E-state index contributed by atoms with van der Waals surface area (Å²) in [5.74, 6) is -0.644. The lowest BCUT2D eigenvalue weighted by molar-refractivity contribution is -0.145. The van der Waals surface area contributed by atoms with E-state index >= 15 is 0 Å². The Morgan fingerprint density at radius 1 is 0.643 bits per heavy atom. The second kappa shape index (κ2) is 13.9. The summed E-state index contributed by atoms with van der Waals surface area (Å²) >= 11 is 0. The normalized spacial score (nSPS) is 10.8. The van der Waals surface area contributed by atoms with E-state index in [0.717, 1.165) is 11.1 Å². The number of hydrogen-bond donors (Lipinski definition) is 0. The predicted molar refractivity (Wildman–Crippen MR) is 159 cm³/mol. The van der Waals surface area contributed by atoms with Crippen LogP contribution in [0.1, 0.15) is 36.8 Å². The molecule has 0 aliphatic heterocycles. The number of carbonyl (C=O) groups is 2. The van der Waals surface area contributed by atoms with Gasteiger partial charge in [0.1, 0.15) is 29.9 Å². The zero-order valence-electron chi connectivity index (χ0n) is 23.0. The van der Waals surface area contributed by atoms with Crippen molar-refractivity contribution >= 4 is 22.9 Å². The first kappa shape index (κ1) is 28.4. The summed E-state index contributed by atoms with van der Waals surface area (Å²) in [5, 5.41) is 0.192. The van der Waals surface area contributed by atoms with Gasteiger partial charge < -0.3 is 18.6 Å². The van der Waals surface area contributed by atoms with Crippen molar-refractivity contribution in [2.45, 2.75) is 38.9 Å². The number of fused-ring (bicyclic) bond motifs is 1. The van der Waals surface area contributed by atoms with E-state index in [4.69, 9.17) is 18.6 Å². The molecule has 4 aromatic carbocycles. The van der Waals surface area contributed by atoms with Crippen molar-refractivity contribution in [3.8, 4) is 22.8 Å². The molecule has 0 aliphatic carbocycles. The maximum atomic E-state index is 13.8. The quantitative estimate of drug-likeness (QED) is 0.117. The van der Waals surface area contributed by atoms with Gasteiger partial charge in [-0.15, -0.1) is 0 Å². The van der Waals surface area contributed by atoms with Crippen molar-refractivity contribution in [3.05, 3.63) is 131 Å². The van der Waals surface area contributed by atoms with E-state index in [1.807, 2.05) is 66.7 Å². The first-order valence-corrected chi connectivity index (χ1v) is 13.8. The minimum Gasteiger partial charge on any atom is -0.488 e. The minimum absolute atomic E-state index is 0.0177. The molecule has 0 fully saturated rings. The Bertz CT molecular complexity index is 1690. The van der Waals surface area contributed by atoms with Crippen LogP contribution in [-0.2, 0) is 27.5 Å². The predicted octanol–water partition coefficient (Wildman–Crippen LogP) is 7.25. The second-order valence-electron chi connectivity index (χ2n) is 9.69. The van der Waals surface area contributed by atoms with Crippen molar-refractivity contribution in [2.75, 3.05) is 0 Å². The lowest BCUT2D eigenvalue weighted by atomic mass is 10.1. The van der Waals surface area contributed by atoms with Gasteiger partial charge in [0.15, 0.2) is 5.76 Å². The first-order chi connectivity index (χ1) is 20.6. The van der Waals surface area contributed by atoms with Crippen molar-refractivity contribution in [2.24, 2.45) is 0 Å². The van der Waals surface area contributed by atoms with Crippen LogP contribution in [-0.4, -0.2) is 11.9 Å². The molecule has 0 aliphatic rings. The summed E-state index contributed by atoms with van der Waals surface area (Å²) < 4.78 is 23.1. The van der Waals surface area contributed by atoms with Crippen molar-refractivity contribution in [1.29, 1.82) is 0 Å². The Morgan fingerprint density at radius 2 is 1.24 bits per heavy atom. The van der Waals surface area contributed by atoms with Gasteiger partial charge in [0.05, 0.1) is 0 Å². The molecule has 0 N–H and O–H groups in total. The lowest BCUT2D eigenvalue weighted by Gasteiger charge is -2.13. The van der Waals surface area contributed by atoms with E-state index in [-0.39, 0.29) is 48.9 Å². The van der Waals surface area contributed by atoms with Gasteiger partial charge in [-0.1, -0.05) is 97.1 Å². The molecule has 1 aromatic heterocycles. The van der Waals surface area contributed by atoms with E-state index < -0.39 is 11.4 Å². The number of hydrogen-bond acceptors (Lipinski definition) is 7. The minimum atomic E-state index is -0.598. The third kappa shape index (κ3) is 7.31. The summed E-state index contributed by atoms with van der Waals surface area (Å²) in [7, 11) is 0. The third-order valence-corrected chi connectivity index (χ3v) is 6.58. The first-order valence-electron chi connectivity index (χ1n) is 13.8. The molecule has 42 heavy (non-hydrogen) atoms. The van der Waals surface area contributed by atoms with Gasteiger partial charge in [-0.05, 0) is 36.1 Å². The Kier molecular flexibility index (Phi) is 9.42. The molecular formula is C35H30O7. The number of rotatable bonds is 12. The van der Waals surface area contributed by atoms with Crippen LogP contribution < -0.4 is 14.9 Å². The van der Waals surface area contributed by atoms with Gasteiger partial charge in [-0.2, -0.15) is 0 Å². The van der Waals surface area contributed by atoms with E-state index in [2.05, 4.69) is 0 Å².